The van der Waals surface area contributed by atoms with Gasteiger partial charge in [0.05, 0.1) is 5.54 Å². The summed E-state index contributed by atoms with van der Waals surface area (Å²) in [6, 6.07) is 0. The summed E-state index contributed by atoms with van der Waals surface area (Å²) in [5.74, 6) is 1.23. The molecule has 0 aromatic carbocycles. The molecule has 1 atom stereocenters. The van der Waals surface area contributed by atoms with Gasteiger partial charge in [-0.15, -0.1) is 0 Å². The van der Waals surface area contributed by atoms with E-state index < -0.39 is 0 Å². The highest BCUT2D eigenvalue weighted by molar-refractivity contribution is 5.76. The highest BCUT2D eigenvalue weighted by Crippen LogP contribution is 2.27. The molecule has 0 bridgehead atoms. The molecule has 0 aliphatic rings. The molecule has 72 valence electrons. The number of hydrogen-bond acceptors (Lipinski definition) is 1. The van der Waals surface area contributed by atoms with Crippen molar-refractivity contribution in [3.8, 4) is 0 Å². The molecule has 0 rings (SSSR count). The number of nitrogens with zero attached hydrogens (tertiary/aromatic N) is 1. The van der Waals surface area contributed by atoms with Gasteiger partial charge < -0.3 is 11.5 Å². The first-order valence-corrected chi connectivity index (χ1v) is 4.38. The topological polar surface area (TPSA) is 64.4 Å². The third-order valence-electron chi connectivity index (χ3n) is 2.53. The number of nitrogens with two attached hydrogens (primary N) is 2. The lowest BCUT2D eigenvalue weighted by atomic mass is 9.81. The molecule has 1 unspecified atom stereocenters. The van der Waals surface area contributed by atoms with Crippen molar-refractivity contribution in [1.82, 2.24) is 0 Å². The van der Waals surface area contributed by atoms with Crippen LogP contribution in [0.5, 0.6) is 0 Å². The van der Waals surface area contributed by atoms with Gasteiger partial charge in [0.2, 0.25) is 0 Å². The molecule has 4 N–H and O–H groups in total. The van der Waals surface area contributed by atoms with E-state index in [1.54, 1.807) is 0 Å². The van der Waals surface area contributed by atoms with Gasteiger partial charge in [0.1, 0.15) is 0 Å². The summed E-state index contributed by atoms with van der Waals surface area (Å²) in [6.45, 7) is 10.6. The lowest BCUT2D eigenvalue weighted by molar-refractivity contribution is 0.269. The summed E-state index contributed by atoms with van der Waals surface area (Å²) in [4.78, 5) is 4.20. The third-order valence-corrected chi connectivity index (χ3v) is 2.53. The van der Waals surface area contributed by atoms with E-state index in [9.17, 15) is 0 Å². The van der Waals surface area contributed by atoms with Gasteiger partial charge in [-0.05, 0) is 25.7 Å². The van der Waals surface area contributed by atoms with E-state index in [4.69, 9.17) is 11.5 Å². The van der Waals surface area contributed by atoms with Crippen molar-refractivity contribution < 1.29 is 0 Å². The average molecular weight is 171 g/mol. The number of guanidine groups is 1. The average Bonchev–Trinajstić information content (AvgIpc) is 1.82. The first-order valence-electron chi connectivity index (χ1n) is 4.38. The van der Waals surface area contributed by atoms with Crippen LogP contribution in [0.3, 0.4) is 0 Å². The molecule has 0 aliphatic heterocycles. The maximum Gasteiger partial charge on any atom is 0.186 e. The number of hydrogen-bond donors (Lipinski definition) is 2. The van der Waals surface area contributed by atoms with Gasteiger partial charge in [0, 0.05) is 0 Å². The molecule has 3 heteroatoms. The van der Waals surface area contributed by atoms with Crippen molar-refractivity contribution in [3.63, 3.8) is 0 Å². The Hall–Kier alpha value is -0.730. The predicted octanol–water partition coefficient (Wildman–Crippen LogP) is 1.33. The zero-order valence-electron chi connectivity index (χ0n) is 8.76. The quantitative estimate of drug-likeness (QED) is 0.497. The molecule has 0 saturated heterocycles. The molecular weight excluding hydrogens is 150 g/mol. The second-order valence-corrected chi connectivity index (χ2v) is 4.22. The van der Waals surface area contributed by atoms with Crippen LogP contribution < -0.4 is 11.5 Å². The van der Waals surface area contributed by atoms with Gasteiger partial charge in [-0.2, -0.15) is 0 Å². The van der Waals surface area contributed by atoms with Crippen molar-refractivity contribution in [2.75, 3.05) is 0 Å². The number of aliphatic imine (C=N–C) groups is 1. The predicted molar refractivity (Wildman–Crippen MR) is 53.9 cm³/mol. The van der Waals surface area contributed by atoms with E-state index in [0.29, 0.717) is 11.8 Å². The summed E-state index contributed by atoms with van der Waals surface area (Å²) in [7, 11) is 0. The standard InChI is InChI=1S/C9H21N3/c1-6(2)7(3)9(4,5)12-8(10)11/h6-7H,1-5H3,(H4,10,11,12). The van der Waals surface area contributed by atoms with E-state index in [0.717, 1.165) is 0 Å². The van der Waals surface area contributed by atoms with E-state index in [1.807, 2.05) is 0 Å². The lowest BCUT2D eigenvalue weighted by Crippen LogP contribution is -2.36. The highest BCUT2D eigenvalue weighted by Gasteiger charge is 2.27. The van der Waals surface area contributed by atoms with Gasteiger partial charge in [0.15, 0.2) is 5.96 Å². The van der Waals surface area contributed by atoms with Crippen LogP contribution in [0.4, 0.5) is 0 Å². The SMILES string of the molecule is CC(C)C(C)C(C)(C)N=C(N)N. The van der Waals surface area contributed by atoms with Crippen LogP contribution in [0.2, 0.25) is 0 Å². The molecule has 0 aromatic heterocycles. The fraction of sp³-hybridized carbons (Fsp3) is 0.889. The van der Waals surface area contributed by atoms with Crippen LogP contribution in [0.25, 0.3) is 0 Å². The Bertz CT molecular complexity index is 167. The zero-order chi connectivity index (χ0) is 9.94. The van der Waals surface area contributed by atoms with E-state index >= 15 is 0 Å². The molecule has 0 radical (unpaired) electrons. The van der Waals surface area contributed by atoms with E-state index in [1.165, 1.54) is 0 Å². The number of rotatable bonds is 3. The molecule has 0 amide bonds. The summed E-state index contributed by atoms with van der Waals surface area (Å²) in [5.41, 5.74) is 10.5. The Balaban J connectivity index is 4.50. The van der Waals surface area contributed by atoms with Crippen molar-refractivity contribution in [3.05, 3.63) is 0 Å². The van der Waals surface area contributed by atoms with Gasteiger partial charge in [-0.3, -0.25) is 0 Å². The normalized spacial score (nSPS) is 14.5. The van der Waals surface area contributed by atoms with Crippen LogP contribution >= 0.6 is 0 Å². The van der Waals surface area contributed by atoms with Crippen LogP contribution in [-0.4, -0.2) is 11.5 Å². The zero-order valence-corrected chi connectivity index (χ0v) is 8.76. The molecule has 0 aliphatic carbocycles. The summed E-state index contributed by atoms with van der Waals surface area (Å²) >= 11 is 0. The van der Waals surface area contributed by atoms with Gasteiger partial charge in [-0.1, -0.05) is 20.8 Å². The molecule has 0 saturated carbocycles. The van der Waals surface area contributed by atoms with Gasteiger partial charge >= 0.3 is 0 Å². The molecule has 3 nitrogen and oxygen atoms in total. The molecule has 0 aromatic rings. The van der Waals surface area contributed by atoms with Gasteiger partial charge in [0.25, 0.3) is 0 Å². The minimum absolute atomic E-state index is 0.160. The maximum absolute atomic E-state index is 5.34. The second-order valence-electron chi connectivity index (χ2n) is 4.22. The summed E-state index contributed by atoms with van der Waals surface area (Å²) in [5, 5.41) is 0. The second kappa shape index (κ2) is 3.78. The maximum atomic E-state index is 5.34. The Labute approximate surface area is 75.2 Å². The first-order chi connectivity index (χ1) is 5.27. The Morgan fingerprint density at radius 1 is 1.17 bits per heavy atom. The molecule has 0 heterocycles. The lowest BCUT2D eigenvalue weighted by Gasteiger charge is -2.30. The molecule has 12 heavy (non-hydrogen) atoms. The summed E-state index contributed by atoms with van der Waals surface area (Å²) < 4.78 is 0. The van der Waals surface area contributed by atoms with Crippen LogP contribution in [0, 0.1) is 11.8 Å². The van der Waals surface area contributed by atoms with Gasteiger partial charge in [-0.25, -0.2) is 4.99 Å². The fourth-order valence-corrected chi connectivity index (χ4v) is 1.25. The van der Waals surface area contributed by atoms with Crippen molar-refractivity contribution in [1.29, 1.82) is 0 Å². The summed E-state index contributed by atoms with van der Waals surface area (Å²) in [6.07, 6.45) is 0. The van der Waals surface area contributed by atoms with Crippen molar-refractivity contribution in [2.45, 2.75) is 40.2 Å². The Kier molecular flexibility index (Phi) is 3.55. The van der Waals surface area contributed by atoms with Crippen LogP contribution in [0.1, 0.15) is 34.6 Å². The first kappa shape index (κ1) is 11.3. The largest absolute Gasteiger partial charge is 0.370 e. The minimum Gasteiger partial charge on any atom is -0.370 e. The fourth-order valence-electron chi connectivity index (χ4n) is 1.25. The van der Waals surface area contributed by atoms with Crippen molar-refractivity contribution in [2.24, 2.45) is 28.3 Å². The van der Waals surface area contributed by atoms with Crippen molar-refractivity contribution >= 4 is 5.96 Å². The monoisotopic (exact) mass is 171 g/mol. The molecular formula is C9H21N3. The molecule has 0 spiro atoms. The van der Waals surface area contributed by atoms with Crippen LogP contribution in [-0.2, 0) is 0 Å². The van der Waals surface area contributed by atoms with E-state index in [2.05, 4.69) is 39.6 Å². The minimum atomic E-state index is -0.160. The van der Waals surface area contributed by atoms with E-state index in [-0.39, 0.29) is 11.5 Å². The molecule has 0 fully saturated rings. The third kappa shape index (κ3) is 3.11. The van der Waals surface area contributed by atoms with Crippen LogP contribution in [0.15, 0.2) is 4.99 Å². The smallest absolute Gasteiger partial charge is 0.186 e. The highest BCUT2D eigenvalue weighted by atomic mass is 15.0. The Morgan fingerprint density at radius 2 is 1.58 bits per heavy atom. The Morgan fingerprint density at radius 3 is 1.83 bits per heavy atom.